The number of Topliss-reactive ketones (excluding diaryl/α,β-unsaturated/α-hetero) is 1. The van der Waals surface area contributed by atoms with Crippen molar-refractivity contribution in [3.63, 3.8) is 0 Å². The molecule has 0 spiro atoms. The SMILES string of the molecule is COc1ccc2c(c1)CCC1=C(C)C(=O)CCC12. The Hall–Kier alpha value is -1.57. The molecular formula is C16H18O2. The third kappa shape index (κ3) is 1.67. The second-order valence-corrected chi connectivity index (χ2v) is 5.23. The summed E-state index contributed by atoms with van der Waals surface area (Å²) in [6.45, 7) is 2.00. The molecule has 0 aliphatic heterocycles. The summed E-state index contributed by atoms with van der Waals surface area (Å²) in [6.07, 6.45) is 3.74. The number of ketones is 1. The quantitative estimate of drug-likeness (QED) is 0.754. The molecule has 0 bridgehead atoms. The maximum Gasteiger partial charge on any atom is 0.158 e. The minimum atomic E-state index is 0.346. The molecule has 1 aromatic carbocycles. The van der Waals surface area contributed by atoms with Crippen LogP contribution in [0.4, 0.5) is 0 Å². The maximum absolute atomic E-state index is 11.8. The molecule has 2 aliphatic carbocycles. The minimum Gasteiger partial charge on any atom is -0.497 e. The summed E-state index contributed by atoms with van der Waals surface area (Å²) in [5.74, 6) is 1.75. The van der Waals surface area contributed by atoms with Crippen LogP contribution in [0.3, 0.4) is 0 Å². The molecule has 18 heavy (non-hydrogen) atoms. The van der Waals surface area contributed by atoms with E-state index in [0.717, 1.165) is 30.6 Å². The molecule has 3 rings (SSSR count). The highest BCUT2D eigenvalue weighted by Crippen LogP contribution is 2.44. The van der Waals surface area contributed by atoms with E-state index in [1.807, 2.05) is 13.0 Å². The zero-order chi connectivity index (χ0) is 12.7. The molecule has 1 aromatic rings. The van der Waals surface area contributed by atoms with Crippen LogP contribution in [0.2, 0.25) is 0 Å². The first-order valence-electron chi connectivity index (χ1n) is 6.60. The highest BCUT2D eigenvalue weighted by atomic mass is 16.5. The van der Waals surface area contributed by atoms with E-state index in [0.29, 0.717) is 18.1 Å². The Morgan fingerprint density at radius 2 is 2.06 bits per heavy atom. The van der Waals surface area contributed by atoms with Crippen molar-refractivity contribution in [3.05, 3.63) is 40.5 Å². The van der Waals surface area contributed by atoms with Gasteiger partial charge in [-0.15, -0.1) is 0 Å². The van der Waals surface area contributed by atoms with E-state index in [1.54, 1.807) is 7.11 Å². The fourth-order valence-corrected chi connectivity index (χ4v) is 3.32. The molecule has 0 aromatic heterocycles. The van der Waals surface area contributed by atoms with E-state index in [4.69, 9.17) is 4.74 Å². The standard InChI is InChI=1S/C16H18O2/c1-10-13-5-3-11-9-12(18-2)4-6-14(11)15(13)7-8-16(10)17/h4,6,9,15H,3,5,7-8H2,1-2H3. The fraction of sp³-hybridized carbons (Fsp3) is 0.438. The average molecular weight is 242 g/mol. The number of carbonyl (C=O) groups is 1. The topological polar surface area (TPSA) is 26.3 Å². The van der Waals surface area contributed by atoms with Crippen LogP contribution in [0.25, 0.3) is 0 Å². The van der Waals surface area contributed by atoms with Crippen LogP contribution < -0.4 is 4.74 Å². The number of methoxy groups -OCH3 is 1. The highest BCUT2D eigenvalue weighted by Gasteiger charge is 2.31. The first-order valence-corrected chi connectivity index (χ1v) is 6.60. The van der Waals surface area contributed by atoms with Crippen molar-refractivity contribution in [2.45, 2.75) is 38.5 Å². The summed E-state index contributed by atoms with van der Waals surface area (Å²) >= 11 is 0. The van der Waals surface area contributed by atoms with Gasteiger partial charge in [-0.2, -0.15) is 0 Å². The molecule has 1 atom stereocenters. The molecule has 0 heterocycles. The summed E-state index contributed by atoms with van der Waals surface area (Å²) in [5.41, 5.74) is 5.20. The highest BCUT2D eigenvalue weighted by molar-refractivity contribution is 5.97. The van der Waals surface area contributed by atoms with Crippen molar-refractivity contribution in [2.75, 3.05) is 7.11 Å². The average Bonchev–Trinajstić information content (AvgIpc) is 2.41. The molecule has 2 aliphatic rings. The Labute approximate surface area is 108 Å². The van der Waals surface area contributed by atoms with Crippen LogP contribution in [0.1, 0.15) is 43.2 Å². The molecule has 0 amide bonds. The van der Waals surface area contributed by atoms with Gasteiger partial charge in [0.05, 0.1) is 7.11 Å². The lowest BCUT2D eigenvalue weighted by Crippen LogP contribution is -2.22. The van der Waals surface area contributed by atoms with Gasteiger partial charge in [0.1, 0.15) is 5.75 Å². The van der Waals surface area contributed by atoms with Crippen molar-refractivity contribution >= 4 is 5.78 Å². The van der Waals surface area contributed by atoms with Crippen molar-refractivity contribution < 1.29 is 9.53 Å². The number of rotatable bonds is 1. The second-order valence-electron chi connectivity index (χ2n) is 5.23. The van der Waals surface area contributed by atoms with E-state index in [-0.39, 0.29) is 0 Å². The number of hydrogen-bond acceptors (Lipinski definition) is 2. The van der Waals surface area contributed by atoms with Crippen LogP contribution in [-0.4, -0.2) is 12.9 Å². The van der Waals surface area contributed by atoms with Gasteiger partial charge in [0.15, 0.2) is 5.78 Å². The van der Waals surface area contributed by atoms with E-state index in [2.05, 4.69) is 12.1 Å². The lowest BCUT2D eigenvalue weighted by atomic mass is 9.71. The van der Waals surface area contributed by atoms with E-state index >= 15 is 0 Å². The summed E-state index contributed by atoms with van der Waals surface area (Å²) in [4.78, 5) is 11.8. The molecule has 94 valence electrons. The predicted molar refractivity (Wildman–Crippen MR) is 71.0 cm³/mol. The lowest BCUT2D eigenvalue weighted by Gasteiger charge is -2.33. The van der Waals surface area contributed by atoms with Crippen LogP contribution in [0, 0.1) is 0 Å². The van der Waals surface area contributed by atoms with E-state index in [9.17, 15) is 4.79 Å². The first-order chi connectivity index (χ1) is 8.70. The third-order valence-electron chi connectivity index (χ3n) is 4.37. The van der Waals surface area contributed by atoms with Crippen LogP contribution >= 0.6 is 0 Å². The van der Waals surface area contributed by atoms with Crippen molar-refractivity contribution in [3.8, 4) is 5.75 Å². The maximum atomic E-state index is 11.8. The van der Waals surface area contributed by atoms with Gasteiger partial charge in [0.2, 0.25) is 0 Å². The lowest BCUT2D eigenvalue weighted by molar-refractivity contribution is -0.116. The Balaban J connectivity index is 2.07. The van der Waals surface area contributed by atoms with Gasteiger partial charge in [-0.25, -0.2) is 0 Å². The van der Waals surface area contributed by atoms with E-state index < -0.39 is 0 Å². The normalized spacial score (nSPS) is 22.6. The second kappa shape index (κ2) is 4.27. The summed E-state index contributed by atoms with van der Waals surface area (Å²) in [6, 6.07) is 6.37. The van der Waals surface area contributed by atoms with Gasteiger partial charge < -0.3 is 4.74 Å². The molecule has 0 N–H and O–H groups in total. The number of ether oxygens (including phenoxy) is 1. The zero-order valence-corrected chi connectivity index (χ0v) is 11.0. The zero-order valence-electron chi connectivity index (χ0n) is 11.0. The van der Waals surface area contributed by atoms with Gasteiger partial charge in [-0.3, -0.25) is 4.79 Å². The number of allylic oxidation sites excluding steroid dienone is 2. The Bertz CT molecular complexity index is 540. The van der Waals surface area contributed by atoms with Crippen molar-refractivity contribution in [1.82, 2.24) is 0 Å². The molecule has 1 unspecified atom stereocenters. The van der Waals surface area contributed by atoms with Crippen LogP contribution in [0.5, 0.6) is 5.75 Å². The van der Waals surface area contributed by atoms with Crippen LogP contribution in [0.15, 0.2) is 29.3 Å². The molecular weight excluding hydrogens is 224 g/mol. The molecule has 0 fully saturated rings. The third-order valence-corrected chi connectivity index (χ3v) is 4.37. The number of fused-ring (bicyclic) bond motifs is 3. The summed E-state index contributed by atoms with van der Waals surface area (Å²) in [5, 5.41) is 0. The molecule has 0 saturated carbocycles. The number of aryl methyl sites for hydroxylation is 1. The monoisotopic (exact) mass is 242 g/mol. The Kier molecular flexibility index (Phi) is 2.73. The molecule has 0 radical (unpaired) electrons. The minimum absolute atomic E-state index is 0.346. The molecule has 2 nitrogen and oxygen atoms in total. The number of hydrogen-bond donors (Lipinski definition) is 0. The summed E-state index contributed by atoms with van der Waals surface area (Å²) in [7, 11) is 1.71. The number of carbonyl (C=O) groups excluding carboxylic acids is 1. The van der Waals surface area contributed by atoms with Gasteiger partial charge in [0, 0.05) is 12.3 Å². The predicted octanol–water partition coefficient (Wildman–Crippen LogP) is 3.40. The fourth-order valence-electron chi connectivity index (χ4n) is 3.32. The van der Waals surface area contributed by atoms with E-state index in [1.165, 1.54) is 16.7 Å². The summed E-state index contributed by atoms with van der Waals surface area (Å²) < 4.78 is 5.29. The van der Waals surface area contributed by atoms with Crippen molar-refractivity contribution in [1.29, 1.82) is 0 Å². The number of benzene rings is 1. The van der Waals surface area contributed by atoms with Crippen LogP contribution in [-0.2, 0) is 11.2 Å². The van der Waals surface area contributed by atoms with Gasteiger partial charge >= 0.3 is 0 Å². The van der Waals surface area contributed by atoms with Gasteiger partial charge in [0.25, 0.3) is 0 Å². The molecule has 0 saturated heterocycles. The largest absolute Gasteiger partial charge is 0.497 e. The molecule has 2 heteroatoms. The van der Waals surface area contributed by atoms with Gasteiger partial charge in [-0.1, -0.05) is 11.6 Å². The smallest absolute Gasteiger partial charge is 0.158 e. The Morgan fingerprint density at radius 3 is 2.83 bits per heavy atom. The van der Waals surface area contributed by atoms with Gasteiger partial charge in [-0.05, 0) is 55.0 Å². The first kappa shape index (κ1) is 11.5. The van der Waals surface area contributed by atoms with Crippen molar-refractivity contribution in [2.24, 2.45) is 0 Å². The Morgan fingerprint density at radius 1 is 1.22 bits per heavy atom.